The number of hydrogen-bond donors (Lipinski definition) is 1. The quantitative estimate of drug-likeness (QED) is 0.871. The molecule has 20 heavy (non-hydrogen) atoms. The van der Waals surface area contributed by atoms with Crippen LogP contribution in [0.1, 0.15) is 23.2 Å². The average Bonchev–Trinajstić information content (AvgIpc) is 2.43. The van der Waals surface area contributed by atoms with E-state index < -0.39 is 17.5 Å². The van der Waals surface area contributed by atoms with Crippen molar-refractivity contribution in [1.82, 2.24) is 10.2 Å². The maximum Gasteiger partial charge on any atom is 0.256 e. The van der Waals surface area contributed by atoms with E-state index in [1.54, 1.807) is 7.05 Å². The smallest absolute Gasteiger partial charge is 0.256 e. The zero-order valence-electron chi connectivity index (χ0n) is 11.3. The van der Waals surface area contributed by atoms with Gasteiger partial charge in [0.05, 0.1) is 10.6 Å². The number of nitrogens with one attached hydrogen (secondary N) is 1. The molecule has 1 aromatic rings. The Labute approximate surface area is 121 Å². The van der Waals surface area contributed by atoms with Crippen LogP contribution < -0.4 is 5.32 Å². The molecule has 110 valence electrons. The second-order valence-corrected chi connectivity index (χ2v) is 5.55. The predicted octanol–water partition coefficient (Wildman–Crippen LogP) is 2.69. The summed E-state index contributed by atoms with van der Waals surface area (Å²) in [5.74, 6) is -1.76. The lowest BCUT2D eigenvalue weighted by molar-refractivity contribution is 0.0759. The van der Waals surface area contributed by atoms with Gasteiger partial charge < -0.3 is 10.2 Å². The van der Waals surface area contributed by atoms with Gasteiger partial charge in [-0.15, -0.1) is 0 Å². The first-order chi connectivity index (χ1) is 9.49. The molecular formula is C14H17ClF2N2O. The second kappa shape index (κ2) is 6.50. The van der Waals surface area contributed by atoms with E-state index in [0.717, 1.165) is 38.1 Å². The highest BCUT2D eigenvalue weighted by molar-refractivity contribution is 6.30. The summed E-state index contributed by atoms with van der Waals surface area (Å²) in [7, 11) is 1.60. The van der Waals surface area contributed by atoms with Crippen LogP contribution in [0, 0.1) is 17.6 Å². The summed E-state index contributed by atoms with van der Waals surface area (Å²) in [6, 6.07) is 1.69. The maximum atomic E-state index is 13.7. The van der Waals surface area contributed by atoms with Crippen molar-refractivity contribution in [2.24, 2.45) is 5.92 Å². The Bertz CT molecular complexity index is 504. The molecule has 3 nitrogen and oxygen atoms in total. The predicted molar refractivity (Wildman–Crippen MR) is 73.9 cm³/mol. The van der Waals surface area contributed by atoms with Crippen molar-refractivity contribution < 1.29 is 13.6 Å². The highest BCUT2D eigenvalue weighted by Crippen LogP contribution is 2.21. The average molecular weight is 303 g/mol. The molecular weight excluding hydrogens is 286 g/mol. The van der Waals surface area contributed by atoms with Crippen LogP contribution >= 0.6 is 11.6 Å². The van der Waals surface area contributed by atoms with E-state index >= 15 is 0 Å². The van der Waals surface area contributed by atoms with E-state index in [1.807, 2.05) is 0 Å². The zero-order valence-corrected chi connectivity index (χ0v) is 12.0. The molecule has 1 N–H and O–H groups in total. The van der Waals surface area contributed by atoms with Crippen LogP contribution in [-0.2, 0) is 0 Å². The van der Waals surface area contributed by atoms with Gasteiger partial charge in [-0.2, -0.15) is 0 Å². The van der Waals surface area contributed by atoms with Crippen LogP contribution in [0.25, 0.3) is 0 Å². The van der Waals surface area contributed by atoms with E-state index in [1.165, 1.54) is 4.90 Å². The molecule has 6 heteroatoms. The first-order valence-corrected chi connectivity index (χ1v) is 6.97. The standard InChI is InChI=1S/C14H17ClF2N2O/c1-19(8-9-3-2-4-18-7-9)14(20)10-5-13(17)11(15)6-12(10)16/h5-6,9,18H,2-4,7-8H2,1H3. The Morgan fingerprint density at radius 3 is 2.85 bits per heavy atom. The third kappa shape index (κ3) is 3.46. The van der Waals surface area contributed by atoms with E-state index in [9.17, 15) is 13.6 Å². The zero-order chi connectivity index (χ0) is 14.7. The molecule has 1 unspecified atom stereocenters. The SMILES string of the molecule is CN(CC1CCCNC1)C(=O)c1cc(F)c(Cl)cc1F. The van der Waals surface area contributed by atoms with Crippen molar-refractivity contribution in [3.05, 3.63) is 34.4 Å². The second-order valence-electron chi connectivity index (χ2n) is 5.14. The molecule has 1 fully saturated rings. The summed E-state index contributed by atoms with van der Waals surface area (Å²) in [4.78, 5) is 13.6. The summed E-state index contributed by atoms with van der Waals surface area (Å²) in [6.45, 7) is 2.36. The van der Waals surface area contributed by atoms with Gasteiger partial charge in [0.25, 0.3) is 5.91 Å². The van der Waals surface area contributed by atoms with Crippen molar-refractivity contribution in [1.29, 1.82) is 0 Å². The van der Waals surface area contributed by atoms with Crippen LogP contribution in [-0.4, -0.2) is 37.5 Å². The third-order valence-electron chi connectivity index (χ3n) is 3.52. The minimum absolute atomic E-state index is 0.279. The van der Waals surface area contributed by atoms with Gasteiger partial charge in [0.1, 0.15) is 11.6 Å². The Morgan fingerprint density at radius 2 is 2.20 bits per heavy atom. The van der Waals surface area contributed by atoms with Crippen molar-refractivity contribution in [3.8, 4) is 0 Å². The van der Waals surface area contributed by atoms with Crippen molar-refractivity contribution in [2.45, 2.75) is 12.8 Å². The normalized spacial score (nSPS) is 18.9. The lowest BCUT2D eigenvalue weighted by Gasteiger charge is -2.27. The molecule has 0 saturated carbocycles. The van der Waals surface area contributed by atoms with E-state index in [4.69, 9.17) is 11.6 Å². The minimum atomic E-state index is -0.796. The number of benzene rings is 1. The molecule has 1 amide bonds. The molecule has 1 aromatic carbocycles. The highest BCUT2D eigenvalue weighted by atomic mass is 35.5. The number of carbonyl (C=O) groups is 1. The van der Waals surface area contributed by atoms with Gasteiger partial charge in [-0.1, -0.05) is 11.6 Å². The van der Waals surface area contributed by atoms with E-state index in [2.05, 4.69) is 5.32 Å². The molecule has 1 aliphatic rings. The largest absolute Gasteiger partial charge is 0.341 e. The molecule has 0 aliphatic carbocycles. The number of nitrogens with zero attached hydrogens (tertiary/aromatic N) is 1. The van der Waals surface area contributed by atoms with E-state index in [-0.39, 0.29) is 10.6 Å². The molecule has 1 atom stereocenters. The first-order valence-electron chi connectivity index (χ1n) is 6.59. The molecule has 1 saturated heterocycles. The molecule has 0 aromatic heterocycles. The number of amides is 1. The van der Waals surface area contributed by atoms with E-state index in [0.29, 0.717) is 12.5 Å². The van der Waals surface area contributed by atoms with Crippen molar-refractivity contribution in [3.63, 3.8) is 0 Å². The van der Waals surface area contributed by atoms with Crippen molar-refractivity contribution in [2.75, 3.05) is 26.7 Å². The minimum Gasteiger partial charge on any atom is -0.341 e. The van der Waals surface area contributed by atoms with Gasteiger partial charge in [0.15, 0.2) is 0 Å². The lowest BCUT2D eigenvalue weighted by atomic mass is 9.99. The number of halogens is 3. The Morgan fingerprint density at radius 1 is 1.45 bits per heavy atom. The van der Waals surface area contributed by atoms with Gasteiger partial charge in [-0.3, -0.25) is 4.79 Å². The van der Waals surface area contributed by atoms with Gasteiger partial charge in [-0.25, -0.2) is 8.78 Å². The third-order valence-corrected chi connectivity index (χ3v) is 3.81. The molecule has 2 rings (SSSR count). The summed E-state index contributed by atoms with van der Waals surface area (Å²) in [6.07, 6.45) is 2.10. The van der Waals surface area contributed by atoms with Gasteiger partial charge >= 0.3 is 0 Å². The highest BCUT2D eigenvalue weighted by Gasteiger charge is 2.22. The number of rotatable bonds is 3. The van der Waals surface area contributed by atoms with Crippen LogP contribution in [0.5, 0.6) is 0 Å². The van der Waals surface area contributed by atoms with Crippen LogP contribution in [0.3, 0.4) is 0 Å². The summed E-state index contributed by atoms with van der Waals surface area (Å²) >= 11 is 5.48. The Hall–Kier alpha value is -1.20. The van der Waals surface area contributed by atoms with Gasteiger partial charge in [0.2, 0.25) is 0 Å². The fourth-order valence-electron chi connectivity index (χ4n) is 2.44. The fraction of sp³-hybridized carbons (Fsp3) is 0.500. The summed E-state index contributed by atoms with van der Waals surface area (Å²) in [5.41, 5.74) is -0.279. The van der Waals surface area contributed by atoms with Crippen LogP contribution in [0.4, 0.5) is 8.78 Å². The summed E-state index contributed by atoms with van der Waals surface area (Å²) in [5, 5.41) is 2.94. The molecule has 0 spiro atoms. The summed E-state index contributed by atoms with van der Waals surface area (Å²) < 4.78 is 27.1. The Balaban J connectivity index is 2.08. The fourth-order valence-corrected chi connectivity index (χ4v) is 2.59. The van der Waals surface area contributed by atoms with Crippen molar-refractivity contribution >= 4 is 17.5 Å². The van der Waals surface area contributed by atoms with Gasteiger partial charge in [-0.05, 0) is 44.0 Å². The van der Waals surface area contributed by atoms with Crippen LogP contribution in [0.2, 0.25) is 5.02 Å². The number of carbonyl (C=O) groups excluding carboxylic acids is 1. The van der Waals surface area contributed by atoms with Crippen LogP contribution in [0.15, 0.2) is 12.1 Å². The molecule has 1 aliphatic heterocycles. The number of hydrogen-bond acceptors (Lipinski definition) is 2. The number of piperidine rings is 1. The lowest BCUT2D eigenvalue weighted by Crippen LogP contribution is -2.39. The monoisotopic (exact) mass is 302 g/mol. The Kier molecular flexibility index (Phi) is 4.94. The maximum absolute atomic E-state index is 13.7. The molecule has 0 radical (unpaired) electrons. The molecule has 1 heterocycles. The molecule has 0 bridgehead atoms. The topological polar surface area (TPSA) is 32.3 Å². The van der Waals surface area contributed by atoms with Gasteiger partial charge in [0, 0.05) is 13.6 Å². The first kappa shape index (κ1) is 15.2.